The van der Waals surface area contributed by atoms with Crippen LogP contribution in [0.3, 0.4) is 0 Å². The molecule has 0 bridgehead atoms. The number of aliphatic hydroxyl groups excluding tert-OH is 2. The molecule has 3 heteroatoms. The average Bonchev–Trinajstić information content (AvgIpc) is 1.95. The molecule has 0 aromatic carbocycles. The maximum Gasteiger partial charge on any atom is 0.0810 e. The fourth-order valence-corrected chi connectivity index (χ4v) is 1.17. The van der Waals surface area contributed by atoms with Gasteiger partial charge in [0, 0.05) is 0 Å². The monoisotopic (exact) mass is 146 g/mol. The highest BCUT2D eigenvalue weighted by atomic mass is 16.5. The van der Waals surface area contributed by atoms with E-state index in [9.17, 15) is 5.11 Å². The first-order valence-electron chi connectivity index (χ1n) is 3.64. The Morgan fingerprint density at radius 1 is 1.60 bits per heavy atom. The molecule has 1 saturated heterocycles. The molecule has 1 aliphatic heterocycles. The van der Waals surface area contributed by atoms with Crippen LogP contribution in [0.2, 0.25) is 0 Å². The largest absolute Gasteiger partial charge is 0.394 e. The van der Waals surface area contributed by atoms with Crippen molar-refractivity contribution in [1.29, 1.82) is 0 Å². The molecule has 0 radical (unpaired) electrons. The first-order valence-corrected chi connectivity index (χ1v) is 3.64. The Hall–Kier alpha value is -0.120. The zero-order chi connectivity index (χ0) is 7.56. The quantitative estimate of drug-likeness (QED) is 0.537. The lowest BCUT2D eigenvalue weighted by atomic mass is 9.95. The SMILES string of the molecule is C[C@H]1C[C@@H](CO)OC[C@H]1O. The normalized spacial score (nSPS) is 41.7. The van der Waals surface area contributed by atoms with E-state index in [1.54, 1.807) is 0 Å². The van der Waals surface area contributed by atoms with Gasteiger partial charge < -0.3 is 14.9 Å². The van der Waals surface area contributed by atoms with E-state index in [1.807, 2.05) is 6.92 Å². The third-order valence-electron chi connectivity index (χ3n) is 2.00. The third-order valence-corrected chi connectivity index (χ3v) is 2.00. The van der Waals surface area contributed by atoms with Crippen LogP contribution in [0.5, 0.6) is 0 Å². The summed E-state index contributed by atoms with van der Waals surface area (Å²) in [6.45, 7) is 2.40. The fourth-order valence-electron chi connectivity index (χ4n) is 1.17. The number of hydrogen-bond acceptors (Lipinski definition) is 3. The summed E-state index contributed by atoms with van der Waals surface area (Å²) < 4.78 is 5.11. The molecule has 0 amide bonds. The summed E-state index contributed by atoms with van der Waals surface area (Å²) in [6.07, 6.45) is 0.360. The lowest BCUT2D eigenvalue weighted by Crippen LogP contribution is -2.37. The highest BCUT2D eigenvalue weighted by Gasteiger charge is 2.25. The van der Waals surface area contributed by atoms with Crippen molar-refractivity contribution in [3.05, 3.63) is 0 Å². The van der Waals surface area contributed by atoms with Crippen LogP contribution in [0, 0.1) is 5.92 Å². The van der Waals surface area contributed by atoms with Gasteiger partial charge in [0.25, 0.3) is 0 Å². The summed E-state index contributed by atoms with van der Waals surface area (Å²) >= 11 is 0. The van der Waals surface area contributed by atoms with Gasteiger partial charge in [0.15, 0.2) is 0 Å². The van der Waals surface area contributed by atoms with Crippen molar-refractivity contribution in [2.75, 3.05) is 13.2 Å². The van der Waals surface area contributed by atoms with Crippen molar-refractivity contribution in [1.82, 2.24) is 0 Å². The van der Waals surface area contributed by atoms with Gasteiger partial charge >= 0.3 is 0 Å². The van der Waals surface area contributed by atoms with Crippen molar-refractivity contribution < 1.29 is 14.9 Å². The molecule has 1 heterocycles. The lowest BCUT2D eigenvalue weighted by molar-refractivity contribution is -0.0984. The molecule has 0 spiro atoms. The van der Waals surface area contributed by atoms with Gasteiger partial charge in [0.1, 0.15) is 0 Å². The molecule has 1 rings (SSSR count). The van der Waals surface area contributed by atoms with Crippen LogP contribution in [-0.4, -0.2) is 35.6 Å². The number of hydrogen-bond donors (Lipinski definition) is 2. The highest BCUT2D eigenvalue weighted by molar-refractivity contribution is 4.74. The molecule has 2 N–H and O–H groups in total. The van der Waals surface area contributed by atoms with Crippen molar-refractivity contribution in [3.63, 3.8) is 0 Å². The van der Waals surface area contributed by atoms with Gasteiger partial charge in [-0.05, 0) is 12.3 Å². The smallest absolute Gasteiger partial charge is 0.0810 e. The highest BCUT2D eigenvalue weighted by Crippen LogP contribution is 2.19. The van der Waals surface area contributed by atoms with E-state index in [0.29, 0.717) is 6.61 Å². The maximum absolute atomic E-state index is 9.18. The zero-order valence-corrected chi connectivity index (χ0v) is 6.16. The minimum absolute atomic E-state index is 0.0570. The minimum atomic E-state index is -0.345. The predicted octanol–water partition coefficient (Wildman–Crippen LogP) is -0.235. The standard InChI is InChI=1S/C7H14O3/c1-5-2-6(3-8)10-4-7(5)9/h5-9H,2-4H2,1H3/t5-,6-,7+/m0/s1. The Morgan fingerprint density at radius 3 is 2.80 bits per heavy atom. The lowest BCUT2D eigenvalue weighted by Gasteiger charge is -2.30. The first kappa shape index (κ1) is 7.98. The second-order valence-corrected chi connectivity index (χ2v) is 2.92. The molecule has 60 valence electrons. The van der Waals surface area contributed by atoms with E-state index < -0.39 is 0 Å². The van der Waals surface area contributed by atoms with Gasteiger partial charge in [-0.1, -0.05) is 6.92 Å². The van der Waals surface area contributed by atoms with Crippen LogP contribution in [0.1, 0.15) is 13.3 Å². The summed E-state index contributed by atoms with van der Waals surface area (Å²) in [5.74, 6) is 0.255. The van der Waals surface area contributed by atoms with Crippen molar-refractivity contribution in [3.8, 4) is 0 Å². The fraction of sp³-hybridized carbons (Fsp3) is 1.00. The van der Waals surface area contributed by atoms with Crippen LogP contribution >= 0.6 is 0 Å². The minimum Gasteiger partial charge on any atom is -0.394 e. The molecule has 0 aromatic heterocycles. The molecule has 0 aromatic rings. The van der Waals surface area contributed by atoms with Crippen molar-refractivity contribution in [2.45, 2.75) is 25.6 Å². The van der Waals surface area contributed by atoms with Gasteiger partial charge in [0.2, 0.25) is 0 Å². The summed E-state index contributed by atoms with van der Waals surface area (Å²) in [5, 5.41) is 17.9. The maximum atomic E-state index is 9.18. The van der Waals surface area contributed by atoms with Crippen LogP contribution in [0.4, 0.5) is 0 Å². The number of rotatable bonds is 1. The third kappa shape index (κ3) is 1.68. The van der Waals surface area contributed by atoms with Crippen molar-refractivity contribution in [2.24, 2.45) is 5.92 Å². The zero-order valence-electron chi connectivity index (χ0n) is 6.16. The van der Waals surface area contributed by atoms with E-state index in [1.165, 1.54) is 0 Å². The van der Waals surface area contributed by atoms with E-state index in [-0.39, 0.29) is 24.7 Å². The predicted molar refractivity (Wildman–Crippen MR) is 36.6 cm³/mol. The second kappa shape index (κ2) is 3.32. The molecule has 0 aliphatic carbocycles. The number of ether oxygens (including phenoxy) is 1. The molecule has 1 fully saturated rings. The summed E-state index contributed by atoms with van der Waals surface area (Å²) in [6, 6.07) is 0. The molecular formula is C7H14O3. The molecular weight excluding hydrogens is 132 g/mol. The van der Waals surface area contributed by atoms with Gasteiger partial charge in [-0.2, -0.15) is 0 Å². The van der Waals surface area contributed by atoms with Gasteiger partial charge in [-0.25, -0.2) is 0 Å². The van der Waals surface area contributed by atoms with Gasteiger partial charge in [-0.15, -0.1) is 0 Å². The Balaban J connectivity index is 2.33. The van der Waals surface area contributed by atoms with Crippen molar-refractivity contribution >= 4 is 0 Å². The summed E-state index contributed by atoms with van der Waals surface area (Å²) in [5.41, 5.74) is 0. The summed E-state index contributed by atoms with van der Waals surface area (Å²) in [7, 11) is 0. The summed E-state index contributed by atoms with van der Waals surface area (Å²) in [4.78, 5) is 0. The van der Waals surface area contributed by atoms with E-state index in [4.69, 9.17) is 9.84 Å². The average molecular weight is 146 g/mol. The van der Waals surface area contributed by atoms with E-state index >= 15 is 0 Å². The Kier molecular flexibility index (Phi) is 2.65. The Morgan fingerprint density at radius 2 is 2.30 bits per heavy atom. The van der Waals surface area contributed by atoms with Crippen LogP contribution in [-0.2, 0) is 4.74 Å². The van der Waals surface area contributed by atoms with E-state index in [0.717, 1.165) is 6.42 Å². The molecule has 10 heavy (non-hydrogen) atoms. The van der Waals surface area contributed by atoms with Gasteiger partial charge in [-0.3, -0.25) is 0 Å². The Bertz CT molecular complexity index is 105. The second-order valence-electron chi connectivity index (χ2n) is 2.92. The van der Waals surface area contributed by atoms with E-state index in [2.05, 4.69) is 0 Å². The first-order chi connectivity index (χ1) is 4.74. The van der Waals surface area contributed by atoms with Gasteiger partial charge in [0.05, 0.1) is 25.4 Å². The van der Waals surface area contributed by atoms with Crippen LogP contribution < -0.4 is 0 Å². The molecule has 3 atom stereocenters. The van der Waals surface area contributed by atoms with Crippen LogP contribution in [0.25, 0.3) is 0 Å². The Labute approximate surface area is 60.6 Å². The molecule has 0 unspecified atom stereocenters. The molecule has 0 saturated carbocycles. The molecule has 3 nitrogen and oxygen atoms in total. The van der Waals surface area contributed by atoms with Crippen LogP contribution in [0.15, 0.2) is 0 Å². The topological polar surface area (TPSA) is 49.7 Å². The molecule has 1 aliphatic rings. The number of aliphatic hydroxyl groups is 2.